The van der Waals surface area contributed by atoms with Crippen LogP contribution in [0.4, 0.5) is 16.2 Å². The first-order chi connectivity index (χ1) is 12.7. The summed E-state index contributed by atoms with van der Waals surface area (Å²) in [5.41, 5.74) is 1.97. The zero-order chi connectivity index (χ0) is 18.2. The molecular formula is C20H26N4O2. The van der Waals surface area contributed by atoms with Crippen LogP contribution in [0.2, 0.25) is 0 Å². The van der Waals surface area contributed by atoms with E-state index in [4.69, 9.17) is 0 Å². The SMILES string of the molecule is O=C(NCCCn1ccccc1=O)Nc1ccc(N2CCCCC2)cc1. The lowest BCUT2D eigenvalue weighted by molar-refractivity contribution is 0.252. The summed E-state index contributed by atoms with van der Waals surface area (Å²) in [4.78, 5) is 26.0. The quantitative estimate of drug-likeness (QED) is 0.784. The van der Waals surface area contributed by atoms with E-state index in [0.29, 0.717) is 19.5 Å². The summed E-state index contributed by atoms with van der Waals surface area (Å²) in [6, 6.07) is 12.9. The molecule has 1 aromatic carbocycles. The van der Waals surface area contributed by atoms with E-state index in [9.17, 15) is 9.59 Å². The van der Waals surface area contributed by atoms with Crippen LogP contribution < -0.4 is 21.1 Å². The first-order valence-electron chi connectivity index (χ1n) is 9.28. The maximum absolute atomic E-state index is 12.0. The second kappa shape index (κ2) is 9.08. The van der Waals surface area contributed by atoms with Gasteiger partial charge in [-0.1, -0.05) is 6.07 Å². The Morgan fingerprint density at radius 1 is 1.00 bits per heavy atom. The summed E-state index contributed by atoms with van der Waals surface area (Å²) < 4.78 is 1.64. The van der Waals surface area contributed by atoms with E-state index < -0.39 is 0 Å². The number of hydrogen-bond acceptors (Lipinski definition) is 3. The van der Waals surface area contributed by atoms with Crippen LogP contribution in [0.15, 0.2) is 53.5 Å². The van der Waals surface area contributed by atoms with Gasteiger partial charge in [0, 0.05) is 49.8 Å². The molecule has 0 bridgehead atoms. The van der Waals surface area contributed by atoms with E-state index in [-0.39, 0.29) is 11.6 Å². The summed E-state index contributed by atoms with van der Waals surface area (Å²) in [7, 11) is 0. The fourth-order valence-electron chi connectivity index (χ4n) is 3.18. The lowest BCUT2D eigenvalue weighted by Crippen LogP contribution is -2.31. The maximum Gasteiger partial charge on any atom is 0.319 e. The number of amides is 2. The first-order valence-corrected chi connectivity index (χ1v) is 9.28. The summed E-state index contributed by atoms with van der Waals surface area (Å²) >= 11 is 0. The van der Waals surface area contributed by atoms with Gasteiger partial charge in [0.1, 0.15) is 0 Å². The smallest absolute Gasteiger partial charge is 0.319 e. The van der Waals surface area contributed by atoms with E-state index in [0.717, 1.165) is 18.8 Å². The average molecular weight is 354 g/mol. The largest absolute Gasteiger partial charge is 0.372 e. The lowest BCUT2D eigenvalue weighted by atomic mass is 10.1. The molecule has 0 aliphatic carbocycles. The number of carbonyl (C=O) groups is 1. The molecule has 0 spiro atoms. The van der Waals surface area contributed by atoms with Crippen LogP contribution in [0.1, 0.15) is 25.7 Å². The number of nitrogens with one attached hydrogen (secondary N) is 2. The second-order valence-corrected chi connectivity index (χ2v) is 6.56. The van der Waals surface area contributed by atoms with E-state index in [2.05, 4.69) is 27.7 Å². The molecule has 2 amide bonds. The number of hydrogen-bond donors (Lipinski definition) is 2. The van der Waals surface area contributed by atoms with Crippen LogP contribution in [0.5, 0.6) is 0 Å². The Bertz CT molecular complexity index is 764. The molecule has 0 saturated carbocycles. The van der Waals surface area contributed by atoms with Gasteiger partial charge in [-0.2, -0.15) is 0 Å². The van der Waals surface area contributed by atoms with Crippen LogP contribution in [0.3, 0.4) is 0 Å². The number of piperidine rings is 1. The standard InChI is InChI=1S/C20H26N4O2/c25-19-7-2-5-15-24(19)16-6-12-21-20(26)22-17-8-10-18(11-9-17)23-13-3-1-4-14-23/h2,5,7-11,15H,1,3-4,6,12-14,16H2,(H2,21,22,26). The molecule has 138 valence electrons. The Labute approximate surface area is 153 Å². The van der Waals surface area contributed by atoms with Crippen molar-refractivity contribution in [3.63, 3.8) is 0 Å². The van der Waals surface area contributed by atoms with Crippen molar-refractivity contribution >= 4 is 17.4 Å². The highest BCUT2D eigenvalue weighted by atomic mass is 16.2. The molecule has 1 aliphatic heterocycles. The molecule has 3 rings (SSSR count). The zero-order valence-corrected chi connectivity index (χ0v) is 15.0. The van der Waals surface area contributed by atoms with E-state index >= 15 is 0 Å². The number of anilines is 2. The second-order valence-electron chi connectivity index (χ2n) is 6.56. The van der Waals surface area contributed by atoms with Crippen molar-refractivity contribution in [3.8, 4) is 0 Å². The third-order valence-electron chi connectivity index (χ3n) is 4.61. The molecule has 1 aromatic heterocycles. The molecule has 2 N–H and O–H groups in total. The minimum Gasteiger partial charge on any atom is -0.372 e. The predicted molar refractivity (Wildman–Crippen MR) is 105 cm³/mol. The van der Waals surface area contributed by atoms with Gasteiger partial charge in [-0.15, -0.1) is 0 Å². The highest BCUT2D eigenvalue weighted by molar-refractivity contribution is 5.89. The van der Waals surface area contributed by atoms with Gasteiger partial charge in [0.2, 0.25) is 5.56 Å². The lowest BCUT2D eigenvalue weighted by Gasteiger charge is -2.28. The highest BCUT2D eigenvalue weighted by Gasteiger charge is 2.10. The van der Waals surface area contributed by atoms with Gasteiger partial charge in [-0.25, -0.2) is 4.79 Å². The Kier molecular flexibility index (Phi) is 6.30. The number of aryl methyl sites for hydroxylation is 1. The van der Waals surface area contributed by atoms with Crippen molar-refractivity contribution in [1.82, 2.24) is 9.88 Å². The summed E-state index contributed by atoms with van der Waals surface area (Å²) in [6.07, 6.45) is 6.27. The van der Waals surface area contributed by atoms with E-state index in [1.807, 2.05) is 18.2 Å². The Morgan fingerprint density at radius 3 is 2.50 bits per heavy atom. The summed E-state index contributed by atoms with van der Waals surface area (Å²) in [6.45, 7) is 3.32. The van der Waals surface area contributed by atoms with Gasteiger partial charge in [0.25, 0.3) is 0 Å². The molecule has 2 heterocycles. The molecule has 6 heteroatoms. The van der Waals surface area contributed by atoms with Gasteiger partial charge >= 0.3 is 6.03 Å². The third kappa shape index (κ3) is 5.12. The Hall–Kier alpha value is -2.76. The van der Waals surface area contributed by atoms with Crippen molar-refractivity contribution in [1.29, 1.82) is 0 Å². The number of aromatic nitrogens is 1. The van der Waals surface area contributed by atoms with E-state index in [1.165, 1.54) is 31.0 Å². The van der Waals surface area contributed by atoms with Crippen LogP contribution >= 0.6 is 0 Å². The zero-order valence-electron chi connectivity index (χ0n) is 15.0. The predicted octanol–water partition coefficient (Wildman–Crippen LogP) is 3.05. The van der Waals surface area contributed by atoms with Gasteiger partial charge in [-0.3, -0.25) is 4.79 Å². The molecule has 1 saturated heterocycles. The summed E-state index contributed by atoms with van der Waals surface area (Å²) in [5, 5.41) is 5.67. The van der Waals surface area contributed by atoms with Gasteiger partial charge in [0.05, 0.1) is 0 Å². The number of nitrogens with zero attached hydrogens (tertiary/aromatic N) is 2. The molecule has 2 aromatic rings. The number of carbonyl (C=O) groups excluding carboxylic acids is 1. The van der Waals surface area contributed by atoms with Crippen molar-refractivity contribution in [2.75, 3.05) is 29.9 Å². The van der Waals surface area contributed by atoms with Gasteiger partial charge in [-0.05, 0) is 56.0 Å². The minimum absolute atomic E-state index is 0.0225. The molecule has 0 radical (unpaired) electrons. The van der Waals surface area contributed by atoms with Crippen molar-refractivity contribution in [2.45, 2.75) is 32.2 Å². The van der Waals surface area contributed by atoms with Crippen LogP contribution in [-0.4, -0.2) is 30.2 Å². The number of benzene rings is 1. The summed E-state index contributed by atoms with van der Waals surface area (Å²) in [5.74, 6) is 0. The van der Waals surface area contributed by atoms with Crippen LogP contribution in [0.25, 0.3) is 0 Å². The molecule has 1 aliphatic rings. The fourth-order valence-corrected chi connectivity index (χ4v) is 3.18. The average Bonchev–Trinajstić information content (AvgIpc) is 2.68. The van der Waals surface area contributed by atoms with Gasteiger partial charge < -0.3 is 20.1 Å². The fraction of sp³-hybridized carbons (Fsp3) is 0.400. The molecular weight excluding hydrogens is 328 g/mol. The monoisotopic (exact) mass is 354 g/mol. The van der Waals surface area contributed by atoms with Crippen LogP contribution in [0, 0.1) is 0 Å². The molecule has 0 atom stereocenters. The van der Waals surface area contributed by atoms with E-state index in [1.54, 1.807) is 16.8 Å². The third-order valence-corrected chi connectivity index (χ3v) is 4.61. The maximum atomic E-state index is 12.0. The highest BCUT2D eigenvalue weighted by Crippen LogP contribution is 2.21. The topological polar surface area (TPSA) is 66.4 Å². The molecule has 1 fully saturated rings. The van der Waals surface area contributed by atoms with Crippen molar-refractivity contribution in [3.05, 3.63) is 59.0 Å². The number of rotatable bonds is 6. The normalized spacial score (nSPS) is 14.1. The molecule has 26 heavy (non-hydrogen) atoms. The molecule has 0 unspecified atom stereocenters. The number of urea groups is 1. The Balaban J connectivity index is 1.40. The Morgan fingerprint density at radius 2 is 1.77 bits per heavy atom. The van der Waals surface area contributed by atoms with Gasteiger partial charge in [0.15, 0.2) is 0 Å². The van der Waals surface area contributed by atoms with Crippen molar-refractivity contribution < 1.29 is 4.79 Å². The van der Waals surface area contributed by atoms with Crippen molar-refractivity contribution in [2.24, 2.45) is 0 Å². The number of pyridine rings is 1. The first kappa shape index (κ1) is 18.0. The van der Waals surface area contributed by atoms with Crippen LogP contribution in [-0.2, 0) is 6.54 Å². The minimum atomic E-state index is -0.226. The molecule has 6 nitrogen and oxygen atoms in total.